The zero-order valence-corrected chi connectivity index (χ0v) is 15.0. The van der Waals surface area contributed by atoms with Crippen LogP contribution in [0.15, 0.2) is 55.1 Å². The first kappa shape index (κ1) is 17.4. The summed E-state index contributed by atoms with van der Waals surface area (Å²) in [6.45, 7) is 2.70. The molecule has 27 heavy (non-hydrogen) atoms. The van der Waals surface area contributed by atoms with Gasteiger partial charge in [0.1, 0.15) is 5.82 Å². The number of benzene rings is 1. The van der Waals surface area contributed by atoms with Gasteiger partial charge in [0.25, 0.3) is 5.91 Å². The molecule has 7 heteroatoms. The molecule has 1 aromatic carbocycles. The first-order valence-corrected chi connectivity index (χ1v) is 9.17. The molecule has 0 spiro atoms. The van der Waals surface area contributed by atoms with Crippen molar-refractivity contribution < 1.29 is 4.79 Å². The Balaban J connectivity index is 1.29. The van der Waals surface area contributed by atoms with Gasteiger partial charge in [-0.2, -0.15) is 0 Å². The number of rotatable bonds is 5. The number of amides is 1. The molecule has 2 aromatic heterocycles. The molecule has 2 N–H and O–H groups in total. The number of likely N-dealkylation sites (tertiary alicyclic amines) is 1. The summed E-state index contributed by atoms with van der Waals surface area (Å²) in [6, 6.07) is 9.91. The second-order valence-corrected chi connectivity index (χ2v) is 6.72. The summed E-state index contributed by atoms with van der Waals surface area (Å²) in [5, 5.41) is 3.10. The maximum atomic E-state index is 12.5. The smallest absolute Gasteiger partial charge is 0.254 e. The molecule has 0 unspecified atom stereocenters. The van der Waals surface area contributed by atoms with Gasteiger partial charge >= 0.3 is 0 Å². The Hall–Kier alpha value is -3.06. The molecule has 1 amide bonds. The Labute approximate surface area is 157 Å². The van der Waals surface area contributed by atoms with Crippen LogP contribution < -0.4 is 5.32 Å². The van der Waals surface area contributed by atoms with E-state index in [2.05, 4.69) is 30.2 Å². The van der Waals surface area contributed by atoms with Crippen LogP contribution in [0.25, 0.3) is 11.4 Å². The van der Waals surface area contributed by atoms with Gasteiger partial charge in [-0.25, -0.2) is 15.0 Å². The van der Waals surface area contributed by atoms with Crippen molar-refractivity contribution in [3.05, 3.63) is 66.5 Å². The van der Waals surface area contributed by atoms with Crippen molar-refractivity contribution in [1.29, 1.82) is 0 Å². The normalized spacial score (nSPS) is 15.6. The number of imidazole rings is 1. The van der Waals surface area contributed by atoms with Gasteiger partial charge in [-0.3, -0.25) is 9.69 Å². The molecule has 3 heterocycles. The maximum absolute atomic E-state index is 12.5. The van der Waals surface area contributed by atoms with Crippen molar-refractivity contribution in [3.63, 3.8) is 0 Å². The number of nitrogens with one attached hydrogen (secondary N) is 2. The van der Waals surface area contributed by atoms with E-state index in [0.29, 0.717) is 11.4 Å². The lowest BCUT2D eigenvalue weighted by Gasteiger charge is -2.31. The summed E-state index contributed by atoms with van der Waals surface area (Å²) in [6.07, 6.45) is 8.65. The topological polar surface area (TPSA) is 86.8 Å². The molecule has 1 saturated heterocycles. The molecule has 3 aromatic rings. The van der Waals surface area contributed by atoms with Gasteiger partial charge in [0, 0.05) is 49.5 Å². The van der Waals surface area contributed by atoms with E-state index in [9.17, 15) is 4.79 Å². The first-order chi connectivity index (χ1) is 13.3. The highest BCUT2D eigenvalue weighted by molar-refractivity contribution is 5.93. The van der Waals surface area contributed by atoms with Gasteiger partial charge in [0.2, 0.25) is 0 Å². The predicted molar refractivity (Wildman–Crippen MR) is 102 cm³/mol. The zero-order chi connectivity index (χ0) is 18.5. The highest BCUT2D eigenvalue weighted by Gasteiger charge is 2.22. The second-order valence-electron chi connectivity index (χ2n) is 6.72. The Bertz CT molecular complexity index is 855. The van der Waals surface area contributed by atoms with Crippen LogP contribution in [0.4, 0.5) is 0 Å². The maximum Gasteiger partial charge on any atom is 0.254 e. The van der Waals surface area contributed by atoms with Crippen molar-refractivity contribution in [2.75, 3.05) is 13.1 Å². The Morgan fingerprint density at radius 3 is 2.52 bits per heavy atom. The fourth-order valence-electron chi connectivity index (χ4n) is 3.28. The van der Waals surface area contributed by atoms with Crippen molar-refractivity contribution >= 4 is 5.91 Å². The molecule has 0 atom stereocenters. The molecule has 138 valence electrons. The number of H-pyrrole nitrogens is 1. The van der Waals surface area contributed by atoms with Crippen LogP contribution in [0.1, 0.15) is 29.0 Å². The number of hydrogen-bond donors (Lipinski definition) is 2. The van der Waals surface area contributed by atoms with Gasteiger partial charge in [-0.1, -0.05) is 30.3 Å². The van der Waals surface area contributed by atoms with Crippen molar-refractivity contribution in [2.45, 2.75) is 25.4 Å². The predicted octanol–water partition coefficient (Wildman–Crippen LogP) is 2.26. The molecule has 0 saturated carbocycles. The lowest BCUT2D eigenvalue weighted by molar-refractivity contribution is 0.0907. The van der Waals surface area contributed by atoms with Gasteiger partial charge in [0.05, 0.1) is 12.1 Å². The number of nitrogens with zero attached hydrogens (tertiary/aromatic N) is 4. The minimum atomic E-state index is -0.112. The van der Waals surface area contributed by atoms with E-state index in [1.54, 1.807) is 18.6 Å². The number of hydrogen-bond acceptors (Lipinski definition) is 5. The molecule has 0 aliphatic carbocycles. The number of carbonyl (C=O) groups excluding carboxylic acids is 1. The standard InChI is InChI=1S/C20H22N6O/c27-20(16-12-23-19(24-13-16)15-4-2-1-3-5-15)25-17-6-10-26(11-7-17)14-18-21-8-9-22-18/h1-5,8-9,12-13,17H,6-7,10-11,14H2,(H,21,22)(H,25,27). The quantitative estimate of drug-likeness (QED) is 0.727. The average Bonchev–Trinajstić information content (AvgIpc) is 3.23. The van der Waals surface area contributed by atoms with Crippen LogP contribution in [0.3, 0.4) is 0 Å². The summed E-state index contributed by atoms with van der Waals surface area (Å²) in [5.74, 6) is 1.49. The van der Waals surface area contributed by atoms with Gasteiger partial charge in [-0.05, 0) is 12.8 Å². The van der Waals surface area contributed by atoms with Gasteiger partial charge < -0.3 is 10.3 Å². The highest BCUT2D eigenvalue weighted by Crippen LogP contribution is 2.15. The third kappa shape index (κ3) is 4.38. The Morgan fingerprint density at radius 2 is 1.85 bits per heavy atom. The molecular weight excluding hydrogens is 340 g/mol. The summed E-state index contributed by atoms with van der Waals surface area (Å²) in [7, 11) is 0. The second kappa shape index (κ2) is 8.09. The molecule has 1 aliphatic heterocycles. The zero-order valence-electron chi connectivity index (χ0n) is 15.0. The Morgan fingerprint density at radius 1 is 1.11 bits per heavy atom. The lowest BCUT2D eigenvalue weighted by Crippen LogP contribution is -2.44. The number of carbonyl (C=O) groups is 1. The van der Waals surface area contributed by atoms with Crippen LogP contribution in [0, 0.1) is 0 Å². The van der Waals surface area contributed by atoms with Crippen molar-refractivity contribution in [1.82, 2.24) is 30.2 Å². The fraction of sp³-hybridized carbons (Fsp3) is 0.300. The van der Waals surface area contributed by atoms with Crippen LogP contribution in [-0.4, -0.2) is 49.9 Å². The van der Waals surface area contributed by atoms with E-state index >= 15 is 0 Å². The highest BCUT2D eigenvalue weighted by atomic mass is 16.1. The van der Waals surface area contributed by atoms with E-state index < -0.39 is 0 Å². The third-order valence-electron chi connectivity index (χ3n) is 4.80. The summed E-state index contributed by atoms with van der Waals surface area (Å²) < 4.78 is 0. The fourth-order valence-corrected chi connectivity index (χ4v) is 3.28. The Kier molecular flexibility index (Phi) is 5.20. The third-order valence-corrected chi connectivity index (χ3v) is 4.80. The van der Waals surface area contributed by atoms with Crippen LogP contribution >= 0.6 is 0 Å². The first-order valence-electron chi connectivity index (χ1n) is 9.17. The number of aromatic nitrogens is 4. The summed E-state index contributed by atoms with van der Waals surface area (Å²) >= 11 is 0. The van der Waals surface area contributed by atoms with Crippen LogP contribution in [0.2, 0.25) is 0 Å². The molecule has 1 fully saturated rings. The monoisotopic (exact) mass is 362 g/mol. The van der Waals surface area contributed by atoms with Crippen LogP contribution in [0.5, 0.6) is 0 Å². The van der Waals surface area contributed by atoms with E-state index in [1.165, 1.54) is 0 Å². The van der Waals surface area contributed by atoms with Crippen LogP contribution in [-0.2, 0) is 6.54 Å². The molecule has 7 nitrogen and oxygen atoms in total. The van der Waals surface area contributed by atoms with E-state index in [4.69, 9.17) is 0 Å². The van der Waals surface area contributed by atoms with E-state index in [-0.39, 0.29) is 11.9 Å². The molecule has 1 aliphatic rings. The van der Waals surface area contributed by atoms with Gasteiger partial charge in [-0.15, -0.1) is 0 Å². The average molecular weight is 362 g/mol. The van der Waals surface area contributed by atoms with Crippen molar-refractivity contribution in [2.24, 2.45) is 0 Å². The van der Waals surface area contributed by atoms with Crippen molar-refractivity contribution in [3.8, 4) is 11.4 Å². The minimum Gasteiger partial charge on any atom is -0.349 e. The summed E-state index contributed by atoms with van der Waals surface area (Å²) in [5.41, 5.74) is 1.43. The van der Waals surface area contributed by atoms with E-state index in [1.807, 2.05) is 36.5 Å². The lowest BCUT2D eigenvalue weighted by atomic mass is 10.0. The number of aromatic amines is 1. The molecule has 0 bridgehead atoms. The molecular formula is C20H22N6O. The molecule has 4 rings (SSSR count). The molecule has 0 radical (unpaired) electrons. The largest absolute Gasteiger partial charge is 0.349 e. The minimum absolute atomic E-state index is 0.112. The SMILES string of the molecule is O=C(NC1CCN(Cc2ncc[nH]2)CC1)c1cnc(-c2ccccc2)nc1. The summed E-state index contributed by atoms with van der Waals surface area (Å²) in [4.78, 5) is 30.9. The van der Waals surface area contributed by atoms with E-state index in [0.717, 1.165) is 43.9 Å². The number of piperidine rings is 1. The van der Waals surface area contributed by atoms with Gasteiger partial charge in [0.15, 0.2) is 5.82 Å².